The Labute approximate surface area is 176 Å². The van der Waals surface area contributed by atoms with E-state index in [-0.39, 0.29) is 18.2 Å². The van der Waals surface area contributed by atoms with Gasteiger partial charge < -0.3 is 19.6 Å². The third-order valence-electron chi connectivity index (χ3n) is 4.86. The number of hydrogen-bond acceptors (Lipinski definition) is 6. The minimum absolute atomic E-state index is 0. The minimum atomic E-state index is -3.65. The van der Waals surface area contributed by atoms with Gasteiger partial charge in [-0.3, -0.25) is 5.32 Å². The molecule has 1 aliphatic heterocycles. The fraction of sp³-hybridized carbons (Fsp3) is 0.300. The molecular formula is C20H24ClN3O4S. The van der Waals surface area contributed by atoms with Crippen molar-refractivity contribution in [2.24, 2.45) is 0 Å². The maximum Gasteiger partial charge on any atom is 0.306 e. The molecular weight excluding hydrogens is 414 g/mol. The Bertz CT molecular complexity index is 1140. The van der Waals surface area contributed by atoms with Gasteiger partial charge in [-0.15, -0.1) is 12.4 Å². The first-order valence-electron chi connectivity index (χ1n) is 9.15. The van der Waals surface area contributed by atoms with E-state index in [0.717, 1.165) is 41.5 Å². The molecule has 0 fully saturated rings. The summed E-state index contributed by atoms with van der Waals surface area (Å²) in [5.74, 6) is 0.245. The Hall–Kier alpha value is -2.10. The van der Waals surface area contributed by atoms with Crippen molar-refractivity contribution in [1.82, 2.24) is 15.6 Å². The van der Waals surface area contributed by atoms with E-state index < -0.39 is 16.3 Å². The second kappa shape index (κ2) is 8.33. The predicted octanol–water partition coefficient (Wildman–Crippen LogP) is 2.80. The molecule has 0 saturated carbocycles. The third kappa shape index (κ3) is 4.41. The monoisotopic (exact) mass is 437 g/mol. The van der Waals surface area contributed by atoms with Gasteiger partial charge >= 0.3 is 10.1 Å². The highest BCUT2D eigenvalue weighted by atomic mass is 35.5. The zero-order valence-electron chi connectivity index (χ0n) is 16.2. The Morgan fingerprint density at radius 3 is 2.76 bits per heavy atom. The molecule has 0 bridgehead atoms. The van der Waals surface area contributed by atoms with E-state index >= 15 is 0 Å². The van der Waals surface area contributed by atoms with E-state index in [4.69, 9.17) is 4.18 Å². The SMILES string of the molecule is CCNCc1ccc2[nH]c(-c3ccc(OS(C)(=O)=O)c4c3C(O)NC4)cc2c1.Cl. The minimum Gasteiger partial charge on any atom is -0.382 e. The number of rotatable bonds is 6. The lowest BCUT2D eigenvalue weighted by Crippen LogP contribution is -2.11. The lowest BCUT2D eigenvalue weighted by molar-refractivity contribution is 0.152. The molecule has 2 aromatic carbocycles. The molecule has 4 N–H and O–H groups in total. The Balaban J connectivity index is 0.00000240. The van der Waals surface area contributed by atoms with Gasteiger partial charge in [0.2, 0.25) is 0 Å². The predicted molar refractivity (Wildman–Crippen MR) is 116 cm³/mol. The average molecular weight is 438 g/mol. The topological polar surface area (TPSA) is 103 Å². The van der Waals surface area contributed by atoms with E-state index in [1.165, 1.54) is 5.56 Å². The molecule has 156 valence electrons. The van der Waals surface area contributed by atoms with Gasteiger partial charge in [0.05, 0.1) is 6.26 Å². The fourth-order valence-corrected chi connectivity index (χ4v) is 4.10. The normalized spacial score (nSPS) is 15.9. The van der Waals surface area contributed by atoms with E-state index in [1.54, 1.807) is 12.1 Å². The molecule has 9 heteroatoms. The maximum absolute atomic E-state index is 11.5. The molecule has 0 saturated heterocycles. The number of hydrogen-bond donors (Lipinski definition) is 4. The molecule has 0 spiro atoms. The number of fused-ring (bicyclic) bond motifs is 2. The first-order valence-corrected chi connectivity index (χ1v) is 11.0. The molecule has 7 nitrogen and oxygen atoms in total. The molecule has 0 amide bonds. The summed E-state index contributed by atoms with van der Waals surface area (Å²) in [6.45, 7) is 4.13. The fourth-order valence-electron chi connectivity index (χ4n) is 3.62. The Morgan fingerprint density at radius 2 is 2.03 bits per heavy atom. The second-order valence-corrected chi connectivity index (χ2v) is 8.53. The van der Waals surface area contributed by atoms with Crippen molar-refractivity contribution in [2.75, 3.05) is 12.8 Å². The summed E-state index contributed by atoms with van der Waals surface area (Å²) in [6.07, 6.45) is 0.123. The van der Waals surface area contributed by atoms with Crippen molar-refractivity contribution in [3.05, 3.63) is 53.1 Å². The van der Waals surface area contributed by atoms with E-state index in [9.17, 15) is 13.5 Å². The van der Waals surface area contributed by atoms with Crippen molar-refractivity contribution >= 4 is 33.4 Å². The summed E-state index contributed by atoms with van der Waals surface area (Å²) in [4.78, 5) is 3.39. The van der Waals surface area contributed by atoms with Crippen LogP contribution in [0.5, 0.6) is 5.75 Å². The molecule has 1 aromatic heterocycles. The number of aliphatic hydroxyl groups is 1. The van der Waals surface area contributed by atoms with E-state index in [1.807, 2.05) is 12.1 Å². The summed E-state index contributed by atoms with van der Waals surface area (Å²) in [7, 11) is -3.65. The molecule has 29 heavy (non-hydrogen) atoms. The molecule has 1 atom stereocenters. The number of nitrogens with one attached hydrogen (secondary N) is 3. The lowest BCUT2D eigenvalue weighted by Gasteiger charge is -2.13. The molecule has 0 aliphatic carbocycles. The highest BCUT2D eigenvalue weighted by Gasteiger charge is 2.28. The first-order chi connectivity index (χ1) is 13.4. The molecule has 0 radical (unpaired) electrons. The van der Waals surface area contributed by atoms with Gasteiger partial charge in [0, 0.05) is 46.4 Å². The van der Waals surface area contributed by atoms with Gasteiger partial charge in [-0.25, -0.2) is 0 Å². The van der Waals surface area contributed by atoms with Crippen LogP contribution in [0.1, 0.15) is 29.8 Å². The quantitative estimate of drug-likeness (QED) is 0.442. The maximum atomic E-state index is 11.5. The summed E-state index contributed by atoms with van der Waals surface area (Å²) in [6, 6.07) is 11.7. The van der Waals surface area contributed by atoms with E-state index in [0.29, 0.717) is 17.7 Å². The standard InChI is InChI=1S/C20H23N3O4S.ClH/c1-3-21-10-12-4-6-16-13(8-12)9-17(23-16)14-5-7-18(27-28(2,25)26)15-11-22-20(24)19(14)15;/h4-9,20-24H,3,10-11H2,1-2H3;1H. The third-order valence-corrected chi connectivity index (χ3v) is 5.34. The number of aromatic nitrogens is 1. The molecule has 1 aliphatic rings. The van der Waals surface area contributed by atoms with Gasteiger partial charge in [0.1, 0.15) is 12.0 Å². The van der Waals surface area contributed by atoms with Crippen LogP contribution in [0.2, 0.25) is 0 Å². The van der Waals surface area contributed by atoms with Crippen molar-refractivity contribution in [3.63, 3.8) is 0 Å². The smallest absolute Gasteiger partial charge is 0.306 e. The van der Waals surface area contributed by atoms with Crippen LogP contribution in [-0.4, -0.2) is 31.3 Å². The Morgan fingerprint density at radius 1 is 1.24 bits per heavy atom. The van der Waals surface area contributed by atoms with Crippen molar-refractivity contribution in [2.45, 2.75) is 26.2 Å². The zero-order chi connectivity index (χ0) is 19.9. The van der Waals surface area contributed by atoms with Crippen LogP contribution < -0.4 is 14.8 Å². The number of H-pyrrole nitrogens is 1. The number of aromatic amines is 1. The van der Waals surface area contributed by atoms with Crippen molar-refractivity contribution in [1.29, 1.82) is 0 Å². The second-order valence-electron chi connectivity index (χ2n) is 6.96. The van der Waals surface area contributed by atoms with Crippen LogP contribution in [-0.2, 0) is 23.2 Å². The molecule has 3 aromatic rings. The highest BCUT2D eigenvalue weighted by Crippen LogP contribution is 2.40. The van der Waals surface area contributed by atoms with Crippen LogP contribution in [0.15, 0.2) is 36.4 Å². The Kier molecular flexibility index (Phi) is 6.21. The van der Waals surface area contributed by atoms with Gasteiger partial charge in [0.25, 0.3) is 0 Å². The number of benzene rings is 2. The summed E-state index contributed by atoms with van der Waals surface area (Å²) in [5, 5.41) is 17.8. The van der Waals surface area contributed by atoms with Gasteiger partial charge in [-0.2, -0.15) is 8.42 Å². The lowest BCUT2D eigenvalue weighted by atomic mass is 9.99. The van der Waals surface area contributed by atoms with Gasteiger partial charge in [-0.05, 0) is 42.4 Å². The van der Waals surface area contributed by atoms with E-state index in [2.05, 4.69) is 34.7 Å². The molecule has 4 rings (SSSR count). The summed E-state index contributed by atoms with van der Waals surface area (Å²) in [5.41, 5.74) is 5.17. The largest absolute Gasteiger partial charge is 0.382 e. The summed E-state index contributed by atoms with van der Waals surface area (Å²) < 4.78 is 28.2. The van der Waals surface area contributed by atoms with Gasteiger partial charge in [0.15, 0.2) is 0 Å². The van der Waals surface area contributed by atoms with Crippen molar-refractivity contribution in [3.8, 4) is 17.0 Å². The summed E-state index contributed by atoms with van der Waals surface area (Å²) >= 11 is 0. The van der Waals surface area contributed by atoms with Crippen LogP contribution in [0.4, 0.5) is 0 Å². The first kappa shape index (κ1) is 21.6. The highest BCUT2D eigenvalue weighted by molar-refractivity contribution is 7.86. The average Bonchev–Trinajstić information content (AvgIpc) is 3.23. The number of halogens is 1. The van der Waals surface area contributed by atoms with Crippen LogP contribution >= 0.6 is 12.4 Å². The van der Waals surface area contributed by atoms with Gasteiger partial charge in [-0.1, -0.05) is 13.0 Å². The zero-order valence-corrected chi connectivity index (χ0v) is 17.8. The van der Waals surface area contributed by atoms with Crippen molar-refractivity contribution < 1.29 is 17.7 Å². The molecule has 1 unspecified atom stereocenters. The number of aliphatic hydroxyl groups excluding tert-OH is 1. The van der Waals surface area contributed by atoms with Crippen LogP contribution in [0, 0.1) is 0 Å². The van der Waals surface area contributed by atoms with Crippen LogP contribution in [0.25, 0.3) is 22.2 Å². The molecule has 2 heterocycles. The van der Waals surface area contributed by atoms with Crippen LogP contribution in [0.3, 0.4) is 0 Å².